The number of aliphatic hydroxyl groups is 1. The molecule has 3 fully saturated rings. The molecular weight excluding hydrogens is 364 g/mol. The van der Waals surface area contributed by atoms with Crippen molar-refractivity contribution in [2.45, 2.75) is 49.1 Å². The zero-order valence-corrected chi connectivity index (χ0v) is 16.5. The number of hydrogen-bond acceptors (Lipinski definition) is 6. The van der Waals surface area contributed by atoms with Gasteiger partial charge < -0.3 is 14.6 Å². The average Bonchev–Trinajstić information content (AvgIpc) is 3.09. The third-order valence-corrected chi connectivity index (χ3v) is 8.19. The van der Waals surface area contributed by atoms with Gasteiger partial charge in [-0.25, -0.2) is 0 Å². The van der Waals surface area contributed by atoms with Crippen LogP contribution in [0.1, 0.15) is 37.7 Å². The lowest BCUT2D eigenvalue weighted by atomic mass is 9.66. The molecule has 146 valence electrons. The van der Waals surface area contributed by atoms with Crippen molar-refractivity contribution in [2.24, 2.45) is 17.8 Å². The summed E-state index contributed by atoms with van der Waals surface area (Å²) in [6.07, 6.45) is 1.56. The zero-order chi connectivity index (χ0) is 19.2. The lowest BCUT2D eigenvalue weighted by molar-refractivity contribution is -0.145. The molecule has 5 nitrogen and oxygen atoms in total. The number of carbonyl (C=O) groups excluding carboxylic acids is 2. The normalized spacial score (nSPS) is 39.7. The van der Waals surface area contributed by atoms with E-state index in [-0.39, 0.29) is 34.9 Å². The minimum absolute atomic E-state index is 0.0390. The third-order valence-electron chi connectivity index (χ3n) is 6.63. The Bertz CT molecular complexity index is 723. The summed E-state index contributed by atoms with van der Waals surface area (Å²) in [5.41, 5.74) is 0.0221. The summed E-state index contributed by atoms with van der Waals surface area (Å²) in [6.45, 7) is 2.14. The van der Waals surface area contributed by atoms with Crippen molar-refractivity contribution >= 4 is 23.7 Å². The first-order chi connectivity index (χ1) is 13.0. The van der Waals surface area contributed by atoms with Gasteiger partial charge in [-0.15, -0.1) is 0 Å². The standard InChI is InChI=1S/C21H26O5S/c1-12-10-14-11-15(13-6-4-3-5-7-13)19-21(14,24)17(20(23)26-19)18(12)27-9-8-16(22)25-2/h3-7,12,14-15,17-19,24H,8-11H2,1-2H3/t12-,14-,15-,17?,18+,19+,21-/m0/s1. The molecule has 0 radical (unpaired) electrons. The molecule has 1 aliphatic heterocycles. The smallest absolute Gasteiger partial charge is 0.313 e. The van der Waals surface area contributed by atoms with E-state index in [0.29, 0.717) is 12.2 Å². The molecule has 1 aromatic carbocycles. The summed E-state index contributed by atoms with van der Waals surface area (Å²) < 4.78 is 10.5. The zero-order valence-electron chi connectivity index (χ0n) is 15.7. The van der Waals surface area contributed by atoms with Crippen molar-refractivity contribution < 1.29 is 24.2 Å². The van der Waals surface area contributed by atoms with E-state index in [1.807, 2.05) is 18.2 Å². The summed E-state index contributed by atoms with van der Waals surface area (Å²) in [5.74, 6) is -0.0808. The molecule has 7 atom stereocenters. The minimum atomic E-state index is -1.10. The van der Waals surface area contributed by atoms with Crippen LogP contribution in [0.15, 0.2) is 30.3 Å². The van der Waals surface area contributed by atoms with E-state index in [1.165, 1.54) is 7.11 Å². The van der Waals surface area contributed by atoms with Crippen LogP contribution in [0.2, 0.25) is 0 Å². The Morgan fingerprint density at radius 1 is 1.33 bits per heavy atom. The van der Waals surface area contributed by atoms with Gasteiger partial charge in [-0.3, -0.25) is 9.59 Å². The van der Waals surface area contributed by atoms with Crippen LogP contribution in [-0.2, 0) is 19.1 Å². The van der Waals surface area contributed by atoms with Gasteiger partial charge in [0.05, 0.1) is 13.5 Å². The molecule has 4 rings (SSSR count). The van der Waals surface area contributed by atoms with Crippen LogP contribution in [0.3, 0.4) is 0 Å². The second-order valence-electron chi connectivity index (χ2n) is 8.05. The van der Waals surface area contributed by atoms with Crippen molar-refractivity contribution in [3.8, 4) is 0 Å². The molecule has 27 heavy (non-hydrogen) atoms. The Morgan fingerprint density at radius 2 is 2.07 bits per heavy atom. The Hall–Kier alpha value is -1.53. The predicted molar refractivity (Wildman–Crippen MR) is 102 cm³/mol. The minimum Gasteiger partial charge on any atom is -0.469 e. The first-order valence-corrected chi connectivity index (χ1v) is 10.7. The third kappa shape index (κ3) is 2.97. The van der Waals surface area contributed by atoms with Gasteiger partial charge in [0.1, 0.15) is 17.6 Å². The van der Waals surface area contributed by atoms with E-state index in [1.54, 1.807) is 11.8 Å². The van der Waals surface area contributed by atoms with Crippen molar-refractivity contribution in [2.75, 3.05) is 12.9 Å². The second kappa shape index (κ2) is 7.13. The monoisotopic (exact) mass is 390 g/mol. The van der Waals surface area contributed by atoms with Crippen LogP contribution >= 0.6 is 11.8 Å². The maximum atomic E-state index is 12.8. The average molecular weight is 391 g/mol. The van der Waals surface area contributed by atoms with Gasteiger partial charge in [-0.1, -0.05) is 37.3 Å². The fourth-order valence-electron chi connectivity index (χ4n) is 5.41. The van der Waals surface area contributed by atoms with Crippen LogP contribution in [0.4, 0.5) is 0 Å². The van der Waals surface area contributed by atoms with E-state index in [9.17, 15) is 14.7 Å². The highest BCUT2D eigenvalue weighted by Crippen LogP contribution is 2.61. The maximum Gasteiger partial charge on any atom is 0.313 e. The number of methoxy groups -OCH3 is 1. The molecule has 1 aromatic rings. The summed E-state index contributed by atoms with van der Waals surface area (Å²) in [4.78, 5) is 24.2. The van der Waals surface area contributed by atoms with Crippen LogP contribution in [0.25, 0.3) is 0 Å². The molecule has 6 heteroatoms. The fourth-order valence-corrected chi connectivity index (χ4v) is 6.93. The number of carbonyl (C=O) groups is 2. The molecular formula is C21H26O5S. The quantitative estimate of drug-likeness (QED) is 0.780. The van der Waals surface area contributed by atoms with Crippen molar-refractivity contribution in [3.63, 3.8) is 0 Å². The van der Waals surface area contributed by atoms with Gasteiger partial charge >= 0.3 is 11.9 Å². The molecule has 3 aliphatic rings. The summed E-state index contributed by atoms with van der Waals surface area (Å²) >= 11 is 1.60. The Balaban J connectivity index is 1.58. The maximum absolute atomic E-state index is 12.8. The van der Waals surface area contributed by atoms with Crippen molar-refractivity contribution in [3.05, 3.63) is 35.9 Å². The number of benzene rings is 1. The van der Waals surface area contributed by atoms with Gasteiger partial charge in [0, 0.05) is 16.9 Å². The lowest BCUT2D eigenvalue weighted by Crippen LogP contribution is -2.55. The molecule has 1 heterocycles. The van der Waals surface area contributed by atoms with Gasteiger partial charge in [-0.05, 0) is 30.2 Å². The highest BCUT2D eigenvalue weighted by molar-refractivity contribution is 8.00. The van der Waals surface area contributed by atoms with E-state index in [0.717, 1.165) is 18.4 Å². The number of esters is 2. The lowest BCUT2D eigenvalue weighted by Gasteiger charge is -2.44. The van der Waals surface area contributed by atoms with E-state index < -0.39 is 17.6 Å². The summed E-state index contributed by atoms with van der Waals surface area (Å²) in [5, 5.41) is 11.7. The molecule has 1 N–H and O–H groups in total. The van der Waals surface area contributed by atoms with Crippen LogP contribution in [0.5, 0.6) is 0 Å². The summed E-state index contributed by atoms with van der Waals surface area (Å²) in [7, 11) is 1.38. The molecule has 2 saturated carbocycles. The van der Waals surface area contributed by atoms with Gasteiger partial charge in [0.2, 0.25) is 0 Å². The van der Waals surface area contributed by atoms with Crippen molar-refractivity contribution in [1.29, 1.82) is 0 Å². The number of thioether (sulfide) groups is 1. The Morgan fingerprint density at radius 3 is 2.78 bits per heavy atom. The molecule has 1 saturated heterocycles. The van der Waals surface area contributed by atoms with Gasteiger partial charge in [0.15, 0.2) is 0 Å². The SMILES string of the molecule is COC(=O)CCS[C@H]1C2C(=O)O[C@@H]3[C@H](c4ccccc4)C[C@H](C[C@@H]1C)[C@]23O. The molecule has 1 unspecified atom stereocenters. The van der Waals surface area contributed by atoms with E-state index in [2.05, 4.69) is 19.1 Å². The van der Waals surface area contributed by atoms with Crippen molar-refractivity contribution in [1.82, 2.24) is 0 Å². The van der Waals surface area contributed by atoms with Gasteiger partial charge in [0.25, 0.3) is 0 Å². The first kappa shape index (κ1) is 18.8. The number of ether oxygens (including phenoxy) is 2. The Labute approximate surface area is 163 Å². The molecule has 0 aromatic heterocycles. The number of rotatable bonds is 5. The molecule has 0 bridgehead atoms. The predicted octanol–water partition coefficient (Wildman–Crippen LogP) is 2.77. The molecule has 2 aliphatic carbocycles. The highest BCUT2D eigenvalue weighted by Gasteiger charge is 2.71. The summed E-state index contributed by atoms with van der Waals surface area (Å²) in [6, 6.07) is 10.1. The van der Waals surface area contributed by atoms with Crippen LogP contribution < -0.4 is 0 Å². The van der Waals surface area contributed by atoms with Crippen LogP contribution in [-0.4, -0.2) is 46.9 Å². The fraction of sp³-hybridized carbons (Fsp3) is 0.619. The molecule has 0 amide bonds. The van der Waals surface area contributed by atoms with Crippen LogP contribution in [0, 0.1) is 17.8 Å². The number of hydrogen-bond donors (Lipinski definition) is 1. The molecule has 0 spiro atoms. The van der Waals surface area contributed by atoms with E-state index >= 15 is 0 Å². The largest absolute Gasteiger partial charge is 0.469 e. The topological polar surface area (TPSA) is 72.8 Å². The second-order valence-corrected chi connectivity index (χ2v) is 9.33. The Kier molecular flexibility index (Phi) is 4.97. The highest BCUT2D eigenvalue weighted by atomic mass is 32.2. The van der Waals surface area contributed by atoms with E-state index in [4.69, 9.17) is 9.47 Å². The van der Waals surface area contributed by atoms with Gasteiger partial charge in [-0.2, -0.15) is 11.8 Å². The first-order valence-electron chi connectivity index (χ1n) is 9.63.